The normalized spacial score (nSPS) is 27.6. The number of nitrogens with zero attached hydrogens (tertiary/aromatic N) is 1. The fourth-order valence-corrected chi connectivity index (χ4v) is 3.01. The van der Waals surface area contributed by atoms with Gasteiger partial charge in [-0.05, 0) is 63.6 Å². The molecule has 0 aromatic rings. The van der Waals surface area contributed by atoms with Crippen molar-refractivity contribution in [3.8, 4) is 0 Å². The minimum Gasteiger partial charge on any atom is -0.317 e. The summed E-state index contributed by atoms with van der Waals surface area (Å²) in [6.45, 7) is 5.32. The molecule has 3 fully saturated rings. The third-order valence-electron chi connectivity index (χ3n) is 4.54. The van der Waals surface area contributed by atoms with Crippen LogP contribution in [-0.4, -0.2) is 37.1 Å². The smallest absolute Gasteiger partial charge is 0.00965 e. The minimum atomic E-state index is 0.980. The number of hydrogen-bond donors (Lipinski definition) is 1. The number of rotatable bonds is 6. The van der Waals surface area contributed by atoms with E-state index in [0.717, 1.165) is 17.9 Å². The first-order valence-electron chi connectivity index (χ1n) is 7.36. The van der Waals surface area contributed by atoms with Crippen LogP contribution in [0.2, 0.25) is 0 Å². The van der Waals surface area contributed by atoms with Crippen LogP contribution in [0, 0.1) is 11.8 Å². The third kappa shape index (κ3) is 3.21. The highest BCUT2D eigenvalue weighted by Gasteiger charge is 2.32. The molecule has 0 radical (unpaired) electrons. The van der Waals surface area contributed by atoms with Crippen LogP contribution in [0.1, 0.15) is 44.9 Å². The molecule has 3 aliphatic rings. The van der Waals surface area contributed by atoms with Crippen molar-refractivity contribution in [2.75, 3.05) is 26.2 Å². The average Bonchev–Trinajstić information content (AvgIpc) is 3.18. The Morgan fingerprint density at radius 3 is 2.25 bits per heavy atom. The largest absolute Gasteiger partial charge is 0.317 e. The molecule has 16 heavy (non-hydrogen) atoms. The maximum Gasteiger partial charge on any atom is 0.00965 e. The van der Waals surface area contributed by atoms with E-state index in [-0.39, 0.29) is 0 Å². The molecule has 1 heterocycles. The second-order valence-corrected chi connectivity index (χ2v) is 6.15. The molecule has 0 spiro atoms. The predicted octanol–water partition coefficient (Wildman–Crippen LogP) is 2.25. The highest BCUT2D eigenvalue weighted by Crippen LogP contribution is 2.35. The van der Waals surface area contributed by atoms with Crippen molar-refractivity contribution in [2.24, 2.45) is 11.8 Å². The van der Waals surface area contributed by atoms with Gasteiger partial charge in [0, 0.05) is 12.6 Å². The van der Waals surface area contributed by atoms with Crippen molar-refractivity contribution in [1.82, 2.24) is 10.2 Å². The molecule has 2 aliphatic carbocycles. The van der Waals surface area contributed by atoms with Crippen molar-refractivity contribution in [1.29, 1.82) is 0 Å². The fourth-order valence-electron chi connectivity index (χ4n) is 3.01. The van der Waals surface area contributed by atoms with Gasteiger partial charge in [0.25, 0.3) is 0 Å². The van der Waals surface area contributed by atoms with Gasteiger partial charge in [-0.15, -0.1) is 0 Å². The minimum absolute atomic E-state index is 0.980. The van der Waals surface area contributed by atoms with Gasteiger partial charge < -0.3 is 10.2 Å². The Kier molecular flexibility index (Phi) is 3.49. The van der Waals surface area contributed by atoms with Crippen LogP contribution < -0.4 is 5.32 Å². The first-order valence-corrected chi connectivity index (χ1v) is 7.36. The van der Waals surface area contributed by atoms with Gasteiger partial charge in [-0.2, -0.15) is 0 Å². The van der Waals surface area contributed by atoms with Crippen molar-refractivity contribution in [3.05, 3.63) is 0 Å². The standard InChI is InChI=1S/C14H26N2/c1-2-12(1)7-10-16(14-3-4-14)11-13-5-8-15-9-6-13/h12-15H,1-11H2. The number of hydrogen-bond acceptors (Lipinski definition) is 2. The van der Waals surface area contributed by atoms with Crippen LogP contribution in [0.4, 0.5) is 0 Å². The molecule has 1 aliphatic heterocycles. The van der Waals surface area contributed by atoms with Gasteiger partial charge in [0.1, 0.15) is 0 Å². The van der Waals surface area contributed by atoms with Crippen LogP contribution >= 0.6 is 0 Å². The zero-order chi connectivity index (χ0) is 10.8. The summed E-state index contributed by atoms with van der Waals surface area (Å²) in [5.74, 6) is 2.09. The molecule has 1 N–H and O–H groups in total. The van der Waals surface area contributed by atoms with Gasteiger partial charge in [0.2, 0.25) is 0 Å². The maximum absolute atomic E-state index is 3.47. The van der Waals surface area contributed by atoms with Crippen LogP contribution in [0.15, 0.2) is 0 Å². The molecule has 92 valence electrons. The molecule has 0 aromatic carbocycles. The highest BCUT2D eigenvalue weighted by molar-refractivity contribution is 4.87. The molecule has 0 atom stereocenters. The summed E-state index contributed by atoms with van der Waals surface area (Å²) < 4.78 is 0. The molecule has 2 nitrogen and oxygen atoms in total. The summed E-state index contributed by atoms with van der Waals surface area (Å²) in [5, 5.41) is 3.47. The van der Waals surface area contributed by atoms with Crippen molar-refractivity contribution in [2.45, 2.75) is 51.0 Å². The highest BCUT2D eigenvalue weighted by atomic mass is 15.2. The second-order valence-electron chi connectivity index (χ2n) is 6.15. The Morgan fingerprint density at radius 2 is 1.62 bits per heavy atom. The van der Waals surface area contributed by atoms with Crippen molar-refractivity contribution >= 4 is 0 Å². The second kappa shape index (κ2) is 5.05. The van der Waals surface area contributed by atoms with Crippen LogP contribution in [0.5, 0.6) is 0 Å². The lowest BCUT2D eigenvalue weighted by molar-refractivity contribution is 0.193. The lowest BCUT2D eigenvalue weighted by atomic mass is 9.97. The van der Waals surface area contributed by atoms with Gasteiger partial charge in [-0.3, -0.25) is 0 Å². The van der Waals surface area contributed by atoms with E-state index in [1.165, 1.54) is 71.1 Å². The van der Waals surface area contributed by atoms with E-state index in [0.29, 0.717) is 0 Å². The topological polar surface area (TPSA) is 15.3 Å². The molecule has 2 heteroatoms. The first-order chi connectivity index (χ1) is 7.92. The van der Waals surface area contributed by atoms with Crippen LogP contribution in [-0.2, 0) is 0 Å². The van der Waals surface area contributed by atoms with E-state index in [9.17, 15) is 0 Å². The molecular formula is C14H26N2. The molecule has 0 unspecified atom stereocenters. The van der Waals surface area contributed by atoms with Gasteiger partial charge in [-0.1, -0.05) is 12.8 Å². The van der Waals surface area contributed by atoms with Crippen molar-refractivity contribution in [3.63, 3.8) is 0 Å². The zero-order valence-corrected chi connectivity index (χ0v) is 10.5. The van der Waals surface area contributed by atoms with E-state index in [1.54, 1.807) is 0 Å². The molecule has 1 saturated heterocycles. The first kappa shape index (κ1) is 11.0. The van der Waals surface area contributed by atoms with Crippen LogP contribution in [0.25, 0.3) is 0 Å². The molecule has 0 amide bonds. The summed E-state index contributed by atoms with van der Waals surface area (Å²) >= 11 is 0. The molecule has 0 bridgehead atoms. The lowest BCUT2D eigenvalue weighted by Gasteiger charge is -2.30. The quantitative estimate of drug-likeness (QED) is 0.741. The van der Waals surface area contributed by atoms with E-state index in [1.807, 2.05) is 0 Å². The zero-order valence-electron chi connectivity index (χ0n) is 10.5. The Bertz CT molecular complexity index is 215. The predicted molar refractivity (Wildman–Crippen MR) is 67.5 cm³/mol. The average molecular weight is 222 g/mol. The van der Waals surface area contributed by atoms with E-state index < -0.39 is 0 Å². The van der Waals surface area contributed by atoms with Crippen molar-refractivity contribution < 1.29 is 0 Å². The SMILES string of the molecule is C1CC(CN(CCC2CC2)C2CC2)CCN1. The summed E-state index contributed by atoms with van der Waals surface area (Å²) in [6.07, 6.45) is 10.3. The van der Waals surface area contributed by atoms with Gasteiger partial charge in [-0.25, -0.2) is 0 Å². The summed E-state index contributed by atoms with van der Waals surface area (Å²) in [6, 6.07) is 0.980. The molecular weight excluding hydrogens is 196 g/mol. The van der Waals surface area contributed by atoms with E-state index in [2.05, 4.69) is 10.2 Å². The summed E-state index contributed by atoms with van der Waals surface area (Å²) in [7, 11) is 0. The van der Waals surface area contributed by atoms with E-state index >= 15 is 0 Å². The summed E-state index contributed by atoms with van der Waals surface area (Å²) in [5.41, 5.74) is 0. The Hall–Kier alpha value is -0.0800. The maximum atomic E-state index is 3.47. The Labute approximate surface area is 99.8 Å². The molecule has 2 saturated carbocycles. The third-order valence-corrected chi connectivity index (χ3v) is 4.54. The van der Waals surface area contributed by atoms with Gasteiger partial charge in [0.15, 0.2) is 0 Å². The monoisotopic (exact) mass is 222 g/mol. The Morgan fingerprint density at radius 1 is 0.875 bits per heavy atom. The summed E-state index contributed by atoms with van der Waals surface area (Å²) in [4.78, 5) is 2.83. The Balaban J connectivity index is 1.43. The number of nitrogens with one attached hydrogen (secondary N) is 1. The van der Waals surface area contributed by atoms with Gasteiger partial charge >= 0.3 is 0 Å². The molecule has 3 rings (SSSR count). The van der Waals surface area contributed by atoms with E-state index in [4.69, 9.17) is 0 Å². The number of piperidine rings is 1. The lowest BCUT2D eigenvalue weighted by Crippen LogP contribution is -2.37. The molecule has 0 aromatic heterocycles. The fraction of sp³-hybridized carbons (Fsp3) is 1.00. The van der Waals surface area contributed by atoms with Crippen LogP contribution in [0.3, 0.4) is 0 Å². The van der Waals surface area contributed by atoms with Gasteiger partial charge in [0.05, 0.1) is 0 Å².